The first-order chi connectivity index (χ1) is 9.15. The van der Waals surface area contributed by atoms with Crippen LogP contribution in [-0.4, -0.2) is 25.2 Å². The number of benzene rings is 1. The molecule has 1 aromatic carbocycles. The maximum absolute atomic E-state index is 12.2. The summed E-state index contributed by atoms with van der Waals surface area (Å²) >= 11 is 0. The third-order valence-electron chi connectivity index (χ3n) is 2.58. The molecule has 0 aliphatic heterocycles. The van der Waals surface area contributed by atoms with Crippen molar-refractivity contribution in [3.63, 3.8) is 0 Å². The van der Waals surface area contributed by atoms with Crippen LogP contribution in [0.3, 0.4) is 0 Å². The second-order valence-corrected chi connectivity index (χ2v) is 3.79. The summed E-state index contributed by atoms with van der Waals surface area (Å²) in [5.74, 6) is 0.558. The number of hydrogen-bond acceptors (Lipinski definition) is 6. The van der Waals surface area contributed by atoms with Crippen LogP contribution in [0.25, 0.3) is 11.0 Å². The largest absolute Gasteiger partial charge is 0.497 e. The topological polar surface area (TPSA) is 80.9 Å². The lowest BCUT2D eigenvalue weighted by molar-refractivity contribution is -0.0731. The van der Waals surface area contributed by atoms with E-state index in [1.165, 1.54) is 13.4 Å². The van der Waals surface area contributed by atoms with Crippen LogP contribution in [0.5, 0.6) is 5.75 Å². The number of ether oxygens (including phenoxy) is 2. The molecule has 0 radical (unpaired) electrons. The molecule has 0 bridgehead atoms. The average molecular weight is 265 g/mol. The average Bonchev–Trinajstić information content (AvgIpc) is 2.42. The number of rotatable bonds is 5. The van der Waals surface area contributed by atoms with Gasteiger partial charge in [-0.15, -0.1) is 0 Å². The molecule has 0 saturated carbocycles. The van der Waals surface area contributed by atoms with Crippen LogP contribution in [0, 0.1) is 0 Å². The number of methoxy groups -OCH3 is 1. The van der Waals surface area contributed by atoms with Gasteiger partial charge in [0.1, 0.15) is 23.3 Å². The third kappa shape index (κ3) is 2.86. The Morgan fingerprint density at radius 3 is 2.95 bits per heavy atom. The van der Waals surface area contributed by atoms with E-state index in [1.54, 1.807) is 25.1 Å². The molecule has 0 aliphatic rings. The first-order valence-electron chi connectivity index (χ1n) is 5.81. The zero-order valence-corrected chi connectivity index (χ0v) is 10.7. The monoisotopic (exact) mass is 265 g/mol. The lowest BCUT2D eigenvalue weighted by atomic mass is 10.2. The molecule has 2 aromatic rings. The highest BCUT2D eigenvalue weighted by atomic mass is 16.6. The van der Waals surface area contributed by atoms with Gasteiger partial charge in [-0.1, -0.05) is 0 Å². The molecule has 0 fully saturated rings. The number of aliphatic hydroxyl groups excluding tert-OH is 1. The minimum Gasteiger partial charge on any atom is -0.497 e. The Labute approximate surface area is 109 Å². The molecule has 1 aromatic heterocycles. The fourth-order valence-corrected chi connectivity index (χ4v) is 1.67. The first kappa shape index (κ1) is 13.4. The van der Waals surface area contributed by atoms with Gasteiger partial charge in [-0.2, -0.15) is 0 Å². The van der Waals surface area contributed by atoms with Gasteiger partial charge in [-0.25, -0.2) is 0 Å². The molecule has 0 aliphatic carbocycles. The normalized spacial score (nSPS) is 12.4. The Balaban J connectivity index is 2.41. The van der Waals surface area contributed by atoms with Gasteiger partial charge in [0.15, 0.2) is 0 Å². The molecule has 19 heavy (non-hydrogen) atoms. The standard InChI is InChI=1S/C13H15NO5/c1-3-18-13(16)14-10-7-19-11-5-4-8(17-2)6-9(11)12(10)15/h4-7,13-14,16H,3H2,1-2H3. The van der Waals surface area contributed by atoms with Crippen molar-refractivity contribution in [2.24, 2.45) is 0 Å². The second-order valence-electron chi connectivity index (χ2n) is 3.79. The molecule has 0 spiro atoms. The highest BCUT2D eigenvalue weighted by Gasteiger charge is 2.11. The number of fused-ring (bicyclic) bond motifs is 1. The molecule has 0 amide bonds. The van der Waals surface area contributed by atoms with Crippen molar-refractivity contribution in [2.45, 2.75) is 13.3 Å². The highest BCUT2D eigenvalue weighted by molar-refractivity contribution is 5.80. The molecule has 6 heteroatoms. The van der Waals surface area contributed by atoms with Crippen molar-refractivity contribution in [3.8, 4) is 5.75 Å². The Hall–Kier alpha value is -2.05. The summed E-state index contributed by atoms with van der Waals surface area (Å²) in [6.45, 7) is 2.06. The smallest absolute Gasteiger partial charge is 0.235 e. The molecule has 1 atom stereocenters. The summed E-state index contributed by atoms with van der Waals surface area (Å²) in [5, 5.41) is 12.4. The molecule has 102 valence electrons. The summed E-state index contributed by atoms with van der Waals surface area (Å²) in [4.78, 5) is 12.2. The minimum atomic E-state index is -1.25. The van der Waals surface area contributed by atoms with Crippen LogP contribution >= 0.6 is 0 Å². The van der Waals surface area contributed by atoms with Gasteiger partial charge in [-0.05, 0) is 25.1 Å². The van der Waals surface area contributed by atoms with Crippen molar-refractivity contribution in [3.05, 3.63) is 34.7 Å². The van der Waals surface area contributed by atoms with Gasteiger partial charge in [0, 0.05) is 6.61 Å². The van der Waals surface area contributed by atoms with E-state index in [2.05, 4.69) is 5.32 Å². The predicted octanol–water partition coefficient (Wildman–Crippen LogP) is 1.53. The van der Waals surface area contributed by atoms with E-state index in [1.807, 2.05) is 0 Å². The Kier molecular flexibility index (Phi) is 4.03. The van der Waals surface area contributed by atoms with Crippen LogP contribution in [0.4, 0.5) is 5.69 Å². The Morgan fingerprint density at radius 1 is 1.47 bits per heavy atom. The van der Waals surface area contributed by atoms with E-state index in [9.17, 15) is 9.90 Å². The SMILES string of the molecule is CCOC(O)Nc1coc2ccc(OC)cc2c1=O. The molecule has 2 N–H and O–H groups in total. The van der Waals surface area contributed by atoms with E-state index in [-0.39, 0.29) is 11.1 Å². The molecule has 2 rings (SSSR count). The summed E-state index contributed by atoms with van der Waals surface area (Å²) < 4.78 is 15.3. The first-order valence-corrected chi connectivity index (χ1v) is 5.81. The van der Waals surface area contributed by atoms with Gasteiger partial charge < -0.3 is 24.3 Å². The third-order valence-corrected chi connectivity index (χ3v) is 2.58. The predicted molar refractivity (Wildman–Crippen MR) is 70.3 cm³/mol. The number of aliphatic hydroxyl groups is 1. The molecule has 1 heterocycles. The van der Waals surface area contributed by atoms with E-state index in [0.717, 1.165) is 0 Å². The van der Waals surface area contributed by atoms with E-state index in [4.69, 9.17) is 13.9 Å². The Bertz CT molecular complexity index is 622. The fraction of sp³-hybridized carbons (Fsp3) is 0.308. The van der Waals surface area contributed by atoms with Crippen LogP contribution in [0.1, 0.15) is 6.92 Å². The highest BCUT2D eigenvalue weighted by Crippen LogP contribution is 2.19. The molecule has 1 unspecified atom stereocenters. The van der Waals surface area contributed by atoms with E-state index >= 15 is 0 Å². The maximum atomic E-state index is 12.2. The lowest BCUT2D eigenvalue weighted by Crippen LogP contribution is -2.25. The molecule has 0 saturated heterocycles. The van der Waals surface area contributed by atoms with Gasteiger partial charge in [0.25, 0.3) is 0 Å². The van der Waals surface area contributed by atoms with Gasteiger partial charge in [0.05, 0.1) is 12.5 Å². The molecular formula is C13H15NO5. The minimum absolute atomic E-state index is 0.127. The van der Waals surface area contributed by atoms with Crippen LogP contribution in [0.2, 0.25) is 0 Å². The summed E-state index contributed by atoms with van der Waals surface area (Å²) in [6.07, 6.45) is -0.00436. The van der Waals surface area contributed by atoms with Crippen LogP contribution in [0.15, 0.2) is 33.7 Å². The summed E-state index contributed by atoms with van der Waals surface area (Å²) in [6, 6.07) is 4.94. The van der Waals surface area contributed by atoms with Crippen molar-refractivity contribution in [1.82, 2.24) is 0 Å². The summed E-state index contributed by atoms with van der Waals surface area (Å²) in [5.41, 5.74) is 0.280. The van der Waals surface area contributed by atoms with Crippen molar-refractivity contribution in [2.75, 3.05) is 19.0 Å². The fourth-order valence-electron chi connectivity index (χ4n) is 1.67. The van der Waals surface area contributed by atoms with Gasteiger partial charge >= 0.3 is 0 Å². The maximum Gasteiger partial charge on any atom is 0.235 e. The molecular weight excluding hydrogens is 250 g/mol. The van der Waals surface area contributed by atoms with Crippen molar-refractivity contribution in [1.29, 1.82) is 0 Å². The summed E-state index contributed by atoms with van der Waals surface area (Å²) in [7, 11) is 1.52. The lowest BCUT2D eigenvalue weighted by Gasteiger charge is -2.12. The number of anilines is 1. The van der Waals surface area contributed by atoms with Crippen molar-refractivity contribution < 1.29 is 19.0 Å². The van der Waals surface area contributed by atoms with E-state index < -0.39 is 6.41 Å². The quantitative estimate of drug-likeness (QED) is 0.798. The van der Waals surface area contributed by atoms with Crippen LogP contribution in [-0.2, 0) is 4.74 Å². The zero-order chi connectivity index (χ0) is 13.8. The van der Waals surface area contributed by atoms with E-state index in [0.29, 0.717) is 23.3 Å². The van der Waals surface area contributed by atoms with Crippen molar-refractivity contribution >= 4 is 16.7 Å². The molecule has 6 nitrogen and oxygen atoms in total. The zero-order valence-electron chi connectivity index (χ0n) is 10.7. The van der Waals surface area contributed by atoms with Gasteiger partial charge in [0.2, 0.25) is 11.8 Å². The van der Waals surface area contributed by atoms with Crippen LogP contribution < -0.4 is 15.5 Å². The number of nitrogens with one attached hydrogen (secondary N) is 1. The van der Waals surface area contributed by atoms with Gasteiger partial charge in [-0.3, -0.25) is 4.79 Å². The Morgan fingerprint density at radius 2 is 2.26 bits per heavy atom. The number of hydrogen-bond donors (Lipinski definition) is 2. The second kappa shape index (κ2) is 5.73.